The van der Waals surface area contributed by atoms with Crippen molar-refractivity contribution < 1.29 is 4.79 Å². The molecular weight excluding hydrogens is 260 g/mol. The van der Waals surface area contributed by atoms with Crippen molar-refractivity contribution in [2.75, 3.05) is 5.32 Å². The second-order valence-corrected chi connectivity index (χ2v) is 4.72. The lowest BCUT2D eigenvalue weighted by Crippen LogP contribution is -2.15. The molecule has 0 saturated heterocycles. The molecule has 2 aromatic carbocycles. The smallest absolute Gasteiger partial charge is 0.221 e. The average Bonchev–Trinajstić information content (AvgIpc) is 2.37. The molecule has 3 N–H and O–H groups in total. The molecule has 0 unspecified atom stereocenters. The summed E-state index contributed by atoms with van der Waals surface area (Å²) in [6.07, 6.45) is 0.235. The Hall–Kier alpha value is -2.00. The first-order valence-corrected chi connectivity index (χ1v) is 6.37. The predicted octanol–water partition coefficient (Wildman–Crippen LogP) is 2.98. The van der Waals surface area contributed by atoms with Crippen molar-refractivity contribution in [2.24, 2.45) is 5.73 Å². The van der Waals surface area contributed by atoms with Gasteiger partial charge in [0, 0.05) is 17.3 Å². The third kappa shape index (κ3) is 4.00. The highest BCUT2D eigenvalue weighted by molar-refractivity contribution is 6.30. The van der Waals surface area contributed by atoms with Crippen LogP contribution in [0.2, 0.25) is 5.02 Å². The molecule has 0 aliphatic carbocycles. The van der Waals surface area contributed by atoms with E-state index in [0.717, 1.165) is 16.8 Å². The third-order valence-electron chi connectivity index (χ3n) is 2.75. The van der Waals surface area contributed by atoms with E-state index in [2.05, 4.69) is 5.32 Å². The molecule has 0 saturated carbocycles. The van der Waals surface area contributed by atoms with Crippen molar-refractivity contribution in [1.29, 1.82) is 0 Å². The van der Waals surface area contributed by atoms with Gasteiger partial charge in [-0.25, -0.2) is 0 Å². The summed E-state index contributed by atoms with van der Waals surface area (Å²) < 4.78 is 0. The van der Waals surface area contributed by atoms with Crippen LogP contribution in [0.15, 0.2) is 48.5 Å². The van der Waals surface area contributed by atoms with Crippen molar-refractivity contribution in [2.45, 2.75) is 13.0 Å². The molecule has 0 spiro atoms. The standard InChI is InChI=1S/C15H15ClN2O/c16-13-6-3-4-11(8-13)10-18-14-7-2-1-5-12(14)9-15(17)19/h1-8,18H,9-10H2,(H2,17,19). The van der Waals surface area contributed by atoms with Gasteiger partial charge >= 0.3 is 0 Å². The molecule has 3 nitrogen and oxygen atoms in total. The van der Waals surface area contributed by atoms with Crippen molar-refractivity contribution in [3.63, 3.8) is 0 Å². The molecule has 0 aliphatic rings. The van der Waals surface area contributed by atoms with E-state index in [1.165, 1.54) is 0 Å². The van der Waals surface area contributed by atoms with Gasteiger partial charge in [-0.3, -0.25) is 4.79 Å². The number of anilines is 1. The summed E-state index contributed by atoms with van der Waals surface area (Å²) in [5.41, 5.74) is 8.14. The fourth-order valence-corrected chi connectivity index (χ4v) is 2.09. The molecule has 0 bridgehead atoms. The van der Waals surface area contributed by atoms with Gasteiger partial charge in [0.25, 0.3) is 0 Å². The lowest BCUT2D eigenvalue weighted by Gasteiger charge is -2.11. The number of halogens is 1. The molecule has 4 heteroatoms. The minimum Gasteiger partial charge on any atom is -0.381 e. The van der Waals surface area contributed by atoms with Crippen molar-refractivity contribution >= 4 is 23.2 Å². The van der Waals surface area contributed by atoms with Gasteiger partial charge in [-0.05, 0) is 29.3 Å². The zero-order chi connectivity index (χ0) is 13.7. The van der Waals surface area contributed by atoms with E-state index in [9.17, 15) is 4.79 Å². The summed E-state index contributed by atoms with van der Waals surface area (Å²) in [4.78, 5) is 11.0. The quantitative estimate of drug-likeness (QED) is 0.881. The zero-order valence-corrected chi connectivity index (χ0v) is 11.2. The zero-order valence-electron chi connectivity index (χ0n) is 10.4. The van der Waals surface area contributed by atoms with Crippen LogP contribution >= 0.6 is 11.6 Å². The van der Waals surface area contributed by atoms with Gasteiger partial charge in [-0.1, -0.05) is 41.9 Å². The van der Waals surface area contributed by atoms with Gasteiger partial charge in [0.05, 0.1) is 6.42 Å². The van der Waals surface area contributed by atoms with E-state index in [-0.39, 0.29) is 12.3 Å². The molecule has 2 rings (SSSR count). The summed E-state index contributed by atoms with van der Waals surface area (Å²) in [5.74, 6) is -0.336. The SMILES string of the molecule is NC(=O)Cc1ccccc1NCc1cccc(Cl)c1. The van der Waals surface area contributed by atoms with Crippen LogP contribution in [0.5, 0.6) is 0 Å². The van der Waals surface area contributed by atoms with Gasteiger partial charge < -0.3 is 11.1 Å². The Labute approximate surface area is 117 Å². The van der Waals surface area contributed by atoms with Crippen molar-refractivity contribution in [3.8, 4) is 0 Å². The normalized spacial score (nSPS) is 10.2. The van der Waals surface area contributed by atoms with Crippen molar-refractivity contribution in [3.05, 3.63) is 64.7 Å². The van der Waals surface area contributed by atoms with Crippen LogP contribution < -0.4 is 11.1 Å². The Morgan fingerprint density at radius 1 is 1.16 bits per heavy atom. The number of hydrogen-bond donors (Lipinski definition) is 2. The predicted molar refractivity (Wildman–Crippen MR) is 78.1 cm³/mol. The first-order valence-electron chi connectivity index (χ1n) is 5.99. The van der Waals surface area contributed by atoms with Crippen LogP contribution in [0, 0.1) is 0 Å². The summed E-state index contributed by atoms with van der Waals surface area (Å²) in [5, 5.41) is 4.01. The lowest BCUT2D eigenvalue weighted by molar-refractivity contribution is -0.117. The summed E-state index contributed by atoms with van der Waals surface area (Å²) in [6, 6.07) is 15.3. The third-order valence-corrected chi connectivity index (χ3v) is 2.99. The highest BCUT2D eigenvalue weighted by Gasteiger charge is 2.04. The Balaban J connectivity index is 2.09. The fraction of sp³-hybridized carbons (Fsp3) is 0.133. The number of carbonyl (C=O) groups excluding carboxylic acids is 1. The number of amides is 1. The molecule has 0 aliphatic heterocycles. The molecule has 0 radical (unpaired) electrons. The van der Waals surface area contributed by atoms with E-state index in [4.69, 9.17) is 17.3 Å². The molecule has 0 aromatic heterocycles. The van der Waals surface area contributed by atoms with Crippen LogP contribution in [0.4, 0.5) is 5.69 Å². The largest absolute Gasteiger partial charge is 0.381 e. The Kier molecular flexibility index (Phi) is 4.42. The number of primary amides is 1. The average molecular weight is 275 g/mol. The number of hydrogen-bond acceptors (Lipinski definition) is 2. The molecule has 98 valence electrons. The van der Waals surface area contributed by atoms with E-state index in [1.54, 1.807) is 0 Å². The summed E-state index contributed by atoms with van der Waals surface area (Å²) >= 11 is 5.94. The van der Waals surface area contributed by atoms with E-state index in [0.29, 0.717) is 11.6 Å². The van der Waals surface area contributed by atoms with Crippen LogP contribution in [0.3, 0.4) is 0 Å². The van der Waals surface area contributed by atoms with E-state index >= 15 is 0 Å². The monoisotopic (exact) mass is 274 g/mol. The topological polar surface area (TPSA) is 55.1 Å². The van der Waals surface area contributed by atoms with E-state index in [1.807, 2.05) is 48.5 Å². The van der Waals surface area contributed by atoms with Crippen LogP contribution in [0.1, 0.15) is 11.1 Å². The number of benzene rings is 2. The maximum absolute atomic E-state index is 11.0. The van der Waals surface area contributed by atoms with Gasteiger partial charge in [-0.2, -0.15) is 0 Å². The van der Waals surface area contributed by atoms with Gasteiger partial charge in [0.1, 0.15) is 0 Å². The Bertz CT molecular complexity index is 584. The molecule has 19 heavy (non-hydrogen) atoms. The summed E-state index contributed by atoms with van der Waals surface area (Å²) in [6.45, 7) is 0.649. The highest BCUT2D eigenvalue weighted by Crippen LogP contribution is 2.17. The molecular formula is C15H15ClN2O. The molecule has 2 aromatic rings. The summed E-state index contributed by atoms with van der Waals surface area (Å²) in [7, 11) is 0. The van der Waals surface area contributed by atoms with Gasteiger partial charge in [-0.15, -0.1) is 0 Å². The van der Waals surface area contributed by atoms with Gasteiger partial charge in [0.15, 0.2) is 0 Å². The minimum atomic E-state index is -0.336. The maximum atomic E-state index is 11.0. The highest BCUT2D eigenvalue weighted by atomic mass is 35.5. The fourth-order valence-electron chi connectivity index (χ4n) is 1.88. The van der Waals surface area contributed by atoms with E-state index < -0.39 is 0 Å². The van der Waals surface area contributed by atoms with Crippen LogP contribution in [-0.2, 0) is 17.8 Å². The van der Waals surface area contributed by atoms with Gasteiger partial charge in [0.2, 0.25) is 5.91 Å². The molecule has 0 atom stereocenters. The maximum Gasteiger partial charge on any atom is 0.221 e. The number of para-hydroxylation sites is 1. The Morgan fingerprint density at radius 3 is 2.68 bits per heavy atom. The number of nitrogens with one attached hydrogen (secondary N) is 1. The van der Waals surface area contributed by atoms with Crippen LogP contribution in [-0.4, -0.2) is 5.91 Å². The second kappa shape index (κ2) is 6.25. The number of carbonyl (C=O) groups is 1. The van der Waals surface area contributed by atoms with Crippen molar-refractivity contribution in [1.82, 2.24) is 0 Å². The molecule has 0 fully saturated rings. The second-order valence-electron chi connectivity index (χ2n) is 4.28. The van der Waals surface area contributed by atoms with Crippen LogP contribution in [0.25, 0.3) is 0 Å². The lowest BCUT2D eigenvalue weighted by atomic mass is 10.1. The minimum absolute atomic E-state index is 0.235. The number of rotatable bonds is 5. The first-order chi connectivity index (χ1) is 9.15. The molecule has 0 heterocycles. The number of nitrogens with two attached hydrogens (primary N) is 1. The first kappa shape index (κ1) is 13.4. The Morgan fingerprint density at radius 2 is 1.95 bits per heavy atom. The molecule has 1 amide bonds.